The number of benzene rings is 1. The van der Waals surface area contributed by atoms with E-state index in [0.717, 1.165) is 44.3 Å². The summed E-state index contributed by atoms with van der Waals surface area (Å²) in [5, 5.41) is 3.16. The van der Waals surface area contributed by atoms with E-state index in [4.69, 9.17) is 4.74 Å². The molecule has 1 aliphatic heterocycles. The second-order valence-electron chi connectivity index (χ2n) is 5.63. The molecule has 0 spiro atoms. The van der Waals surface area contributed by atoms with Crippen molar-refractivity contribution in [2.75, 3.05) is 20.1 Å². The molecule has 1 saturated heterocycles. The molecule has 21 heavy (non-hydrogen) atoms. The first-order valence-corrected chi connectivity index (χ1v) is 7.93. The van der Waals surface area contributed by atoms with Crippen molar-refractivity contribution in [1.29, 1.82) is 0 Å². The predicted molar refractivity (Wildman–Crippen MR) is 84.1 cm³/mol. The summed E-state index contributed by atoms with van der Waals surface area (Å²) in [7, 11) is 1.97. The Morgan fingerprint density at radius 2 is 2.14 bits per heavy atom. The maximum absolute atomic E-state index is 12.3. The fourth-order valence-electron chi connectivity index (χ4n) is 2.86. The highest BCUT2D eigenvalue weighted by molar-refractivity contribution is 5.68. The lowest BCUT2D eigenvalue weighted by Gasteiger charge is -2.35. The number of nitrogens with zero attached hydrogens (tertiary/aromatic N) is 1. The van der Waals surface area contributed by atoms with Crippen LogP contribution in [0.15, 0.2) is 30.3 Å². The highest BCUT2D eigenvalue weighted by atomic mass is 16.6. The van der Waals surface area contributed by atoms with Crippen molar-refractivity contribution >= 4 is 6.09 Å². The maximum Gasteiger partial charge on any atom is 0.410 e. The Morgan fingerprint density at radius 1 is 1.33 bits per heavy atom. The number of hydrogen-bond acceptors (Lipinski definition) is 3. The number of carbonyl (C=O) groups excluding carboxylic acids is 1. The van der Waals surface area contributed by atoms with Crippen LogP contribution in [-0.4, -0.2) is 37.2 Å². The van der Waals surface area contributed by atoms with Gasteiger partial charge in [-0.2, -0.15) is 0 Å². The normalized spacial score (nSPS) is 18.5. The first-order valence-electron chi connectivity index (χ1n) is 7.93. The third-order valence-corrected chi connectivity index (χ3v) is 4.03. The van der Waals surface area contributed by atoms with E-state index in [9.17, 15) is 4.79 Å². The van der Waals surface area contributed by atoms with Crippen molar-refractivity contribution in [2.45, 2.75) is 44.8 Å². The summed E-state index contributed by atoms with van der Waals surface area (Å²) in [5.74, 6) is 0. The molecule has 1 aliphatic rings. The molecule has 1 aromatic rings. The van der Waals surface area contributed by atoms with Crippen LogP contribution in [0.4, 0.5) is 4.79 Å². The monoisotopic (exact) mass is 290 g/mol. The average molecular weight is 290 g/mol. The van der Waals surface area contributed by atoms with Gasteiger partial charge in [0.15, 0.2) is 0 Å². The quantitative estimate of drug-likeness (QED) is 0.818. The zero-order valence-corrected chi connectivity index (χ0v) is 12.9. The number of carbonyl (C=O) groups is 1. The van der Waals surface area contributed by atoms with Gasteiger partial charge >= 0.3 is 6.09 Å². The van der Waals surface area contributed by atoms with E-state index < -0.39 is 0 Å². The molecule has 4 nitrogen and oxygen atoms in total. The fraction of sp³-hybridized carbons (Fsp3) is 0.588. The van der Waals surface area contributed by atoms with E-state index in [1.54, 1.807) is 0 Å². The van der Waals surface area contributed by atoms with Crippen LogP contribution in [-0.2, 0) is 11.3 Å². The largest absolute Gasteiger partial charge is 0.445 e. The minimum atomic E-state index is -0.159. The Hall–Kier alpha value is -1.55. The van der Waals surface area contributed by atoms with Crippen molar-refractivity contribution in [1.82, 2.24) is 10.2 Å². The predicted octanol–water partition coefficient (Wildman–Crippen LogP) is 3.18. The summed E-state index contributed by atoms with van der Waals surface area (Å²) in [5.41, 5.74) is 1.04. The number of amides is 1. The van der Waals surface area contributed by atoms with Gasteiger partial charge in [0, 0.05) is 12.6 Å². The Bertz CT molecular complexity index is 422. The van der Waals surface area contributed by atoms with E-state index in [1.165, 1.54) is 6.42 Å². The third kappa shape index (κ3) is 5.05. The second-order valence-corrected chi connectivity index (χ2v) is 5.63. The molecule has 0 aliphatic carbocycles. The summed E-state index contributed by atoms with van der Waals surface area (Å²) in [6.45, 7) is 2.20. The molecule has 1 atom stereocenters. The average Bonchev–Trinajstić information content (AvgIpc) is 2.54. The van der Waals surface area contributed by atoms with E-state index in [0.29, 0.717) is 12.6 Å². The molecule has 1 aromatic carbocycles. The van der Waals surface area contributed by atoms with Crippen LogP contribution in [0.25, 0.3) is 0 Å². The van der Waals surface area contributed by atoms with Gasteiger partial charge in [-0.3, -0.25) is 0 Å². The van der Waals surface area contributed by atoms with Crippen LogP contribution in [0.3, 0.4) is 0 Å². The molecule has 0 bridgehead atoms. The Balaban J connectivity index is 1.83. The molecular weight excluding hydrogens is 264 g/mol. The highest BCUT2D eigenvalue weighted by Crippen LogP contribution is 2.22. The van der Waals surface area contributed by atoms with Gasteiger partial charge in [0.05, 0.1) is 0 Å². The molecule has 1 heterocycles. The van der Waals surface area contributed by atoms with Gasteiger partial charge < -0.3 is 15.0 Å². The van der Waals surface area contributed by atoms with E-state index in [-0.39, 0.29) is 6.09 Å². The van der Waals surface area contributed by atoms with Crippen molar-refractivity contribution in [3.63, 3.8) is 0 Å². The van der Waals surface area contributed by atoms with Crippen LogP contribution >= 0.6 is 0 Å². The van der Waals surface area contributed by atoms with Gasteiger partial charge in [0.2, 0.25) is 0 Å². The van der Waals surface area contributed by atoms with Gasteiger partial charge in [0.1, 0.15) is 6.61 Å². The van der Waals surface area contributed by atoms with Crippen LogP contribution in [0.5, 0.6) is 0 Å². The minimum absolute atomic E-state index is 0.159. The van der Waals surface area contributed by atoms with Gasteiger partial charge in [-0.25, -0.2) is 4.79 Å². The molecular formula is C17H26N2O2. The van der Waals surface area contributed by atoms with Gasteiger partial charge in [0.25, 0.3) is 0 Å². The number of piperidine rings is 1. The smallest absolute Gasteiger partial charge is 0.410 e. The van der Waals surface area contributed by atoms with E-state index in [1.807, 2.05) is 42.3 Å². The van der Waals surface area contributed by atoms with Gasteiger partial charge in [-0.05, 0) is 51.3 Å². The molecule has 1 fully saturated rings. The Morgan fingerprint density at radius 3 is 2.90 bits per heavy atom. The fourth-order valence-corrected chi connectivity index (χ4v) is 2.86. The standard InChI is InChI=1S/C17H26N2O2/c1-18-12-7-11-16-10-5-6-13-19(16)17(20)21-14-15-8-3-2-4-9-15/h2-4,8-9,16,18H,5-7,10-14H2,1H3/t16-/m1/s1. The molecule has 0 saturated carbocycles. The summed E-state index contributed by atoms with van der Waals surface area (Å²) in [6.07, 6.45) is 5.40. The highest BCUT2D eigenvalue weighted by Gasteiger charge is 2.27. The molecule has 2 rings (SSSR count). The number of nitrogens with one attached hydrogen (secondary N) is 1. The first kappa shape index (κ1) is 15.8. The van der Waals surface area contributed by atoms with E-state index >= 15 is 0 Å². The third-order valence-electron chi connectivity index (χ3n) is 4.03. The number of ether oxygens (including phenoxy) is 1. The maximum atomic E-state index is 12.3. The van der Waals surface area contributed by atoms with Gasteiger partial charge in [-0.15, -0.1) is 0 Å². The first-order chi connectivity index (χ1) is 10.3. The molecule has 1 N–H and O–H groups in total. The lowest BCUT2D eigenvalue weighted by molar-refractivity contribution is 0.0656. The SMILES string of the molecule is CNCCC[C@H]1CCCCN1C(=O)OCc1ccccc1. The van der Waals surface area contributed by atoms with Crippen LogP contribution in [0.1, 0.15) is 37.7 Å². The van der Waals surface area contributed by atoms with Crippen LogP contribution in [0, 0.1) is 0 Å². The van der Waals surface area contributed by atoms with Crippen molar-refractivity contribution in [3.05, 3.63) is 35.9 Å². The number of rotatable bonds is 6. The Kier molecular flexibility index (Phi) is 6.54. The minimum Gasteiger partial charge on any atom is -0.445 e. The Labute approximate surface area is 127 Å². The van der Waals surface area contributed by atoms with Crippen LogP contribution in [0.2, 0.25) is 0 Å². The molecule has 116 valence electrons. The molecule has 0 unspecified atom stereocenters. The zero-order chi connectivity index (χ0) is 14.9. The topological polar surface area (TPSA) is 41.6 Å². The van der Waals surface area contributed by atoms with Crippen molar-refractivity contribution in [3.8, 4) is 0 Å². The summed E-state index contributed by atoms with van der Waals surface area (Å²) >= 11 is 0. The second kappa shape index (κ2) is 8.67. The molecule has 0 radical (unpaired) electrons. The van der Waals surface area contributed by atoms with E-state index in [2.05, 4.69) is 5.32 Å². The lowest BCUT2D eigenvalue weighted by Crippen LogP contribution is -2.44. The zero-order valence-electron chi connectivity index (χ0n) is 12.9. The summed E-state index contributed by atoms with van der Waals surface area (Å²) in [4.78, 5) is 14.2. The van der Waals surface area contributed by atoms with Crippen molar-refractivity contribution in [2.24, 2.45) is 0 Å². The summed E-state index contributed by atoms with van der Waals surface area (Å²) in [6, 6.07) is 10.2. The summed E-state index contributed by atoms with van der Waals surface area (Å²) < 4.78 is 5.48. The van der Waals surface area contributed by atoms with Crippen molar-refractivity contribution < 1.29 is 9.53 Å². The molecule has 0 aromatic heterocycles. The number of likely N-dealkylation sites (tertiary alicyclic amines) is 1. The van der Waals surface area contributed by atoms with Crippen LogP contribution < -0.4 is 5.32 Å². The number of hydrogen-bond donors (Lipinski definition) is 1. The molecule has 4 heteroatoms. The lowest BCUT2D eigenvalue weighted by atomic mass is 9.98. The molecule has 1 amide bonds. The van der Waals surface area contributed by atoms with Gasteiger partial charge in [-0.1, -0.05) is 30.3 Å².